The Morgan fingerprint density at radius 1 is 1.30 bits per heavy atom. The quantitative estimate of drug-likeness (QED) is 0.675. The van der Waals surface area contributed by atoms with Crippen molar-refractivity contribution in [3.05, 3.63) is 47.4 Å². The third-order valence-corrected chi connectivity index (χ3v) is 5.41. The zero-order valence-corrected chi connectivity index (χ0v) is 17.2. The van der Waals surface area contributed by atoms with Crippen LogP contribution in [0.15, 0.2) is 41.0 Å². The minimum Gasteiger partial charge on any atom is -0.495 e. The molecule has 0 saturated carbocycles. The van der Waals surface area contributed by atoms with Gasteiger partial charge in [0.2, 0.25) is 0 Å². The molecule has 2 heterocycles. The van der Waals surface area contributed by atoms with Crippen molar-refractivity contribution in [1.29, 1.82) is 0 Å². The molecule has 0 atom stereocenters. The maximum absolute atomic E-state index is 6.23. The van der Waals surface area contributed by atoms with Gasteiger partial charge in [-0.2, -0.15) is 0 Å². The van der Waals surface area contributed by atoms with Gasteiger partial charge in [0.25, 0.3) is 0 Å². The van der Waals surface area contributed by atoms with Gasteiger partial charge in [0.15, 0.2) is 5.11 Å². The van der Waals surface area contributed by atoms with E-state index in [0.29, 0.717) is 22.4 Å². The molecule has 1 aromatic heterocycles. The van der Waals surface area contributed by atoms with E-state index in [-0.39, 0.29) is 0 Å². The first-order chi connectivity index (χ1) is 13.2. The van der Waals surface area contributed by atoms with Crippen molar-refractivity contribution in [1.82, 2.24) is 9.80 Å². The van der Waals surface area contributed by atoms with Gasteiger partial charge in [-0.3, -0.25) is 0 Å². The minimum atomic E-state index is 0.552. The number of furan rings is 1. The topological polar surface area (TPSA) is 40.9 Å². The van der Waals surface area contributed by atoms with Gasteiger partial charge in [-0.1, -0.05) is 18.0 Å². The summed E-state index contributed by atoms with van der Waals surface area (Å²) in [6.45, 7) is 4.81. The highest BCUT2D eigenvalue weighted by Gasteiger charge is 2.16. The van der Waals surface area contributed by atoms with E-state index in [4.69, 9.17) is 33.0 Å². The van der Waals surface area contributed by atoms with Gasteiger partial charge in [0, 0.05) is 18.8 Å². The standard InChI is InChI=1S/C20H26ClN3O2S/c1-25-19-8-7-16(14-18(19)21)22-20(27)24(15-17-6-5-13-26-17)12-11-23-9-3-2-4-10-23/h5-8,13-14H,2-4,9-12,15H2,1H3,(H,22,27). The highest BCUT2D eigenvalue weighted by Crippen LogP contribution is 2.27. The Morgan fingerprint density at radius 2 is 2.11 bits per heavy atom. The maximum Gasteiger partial charge on any atom is 0.173 e. The van der Waals surface area contributed by atoms with Crippen molar-refractivity contribution in [2.75, 3.05) is 38.6 Å². The second-order valence-electron chi connectivity index (χ2n) is 6.68. The Bertz CT molecular complexity index is 733. The summed E-state index contributed by atoms with van der Waals surface area (Å²) in [6.07, 6.45) is 5.60. The predicted molar refractivity (Wildman–Crippen MR) is 114 cm³/mol. The van der Waals surface area contributed by atoms with Gasteiger partial charge in [-0.05, 0) is 68.5 Å². The van der Waals surface area contributed by atoms with E-state index in [1.165, 1.54) is 32.4 Å². The lowest BCUT2D eigenvalue weighted by atomic mass is 10.1. The van der Waals surface area contributed by atoms with Crippen LogP contribution in [0.3, 0.4) is 0 Å². The lowest BCUT2D eigenvalue weighted by Gasteiger charge is -2.31. The van der Waals surface area contributed by atoms with E-state index < -0.39 is 0 Å². The average molecular weight is 408 g/mol. The monoisotopic (exact) mass is 407 g/mol. The molecule has 27 heavy (non-hydrogen) atoms. The van der Waals surface area contributed by atoms with Gasteiger partial charge in [-0.15, -0.1) is 0 Å². The van der Waals surface area contributed by atoms with Crippen LogP contribution in [0.5, 0.6) is 5.75 Å². The SMILES string of the molecule is COc1ccc(NC(=S)N(CCN2CCCCC2)Cc2ccco2)cc1Cl. The van der Waals surface area contributed by atoms with Crippen LogP contribution in [0, 0.1) is 0 Å². The Morgan fingerprint density at radius 3 is 2.78 bits per heavy atom. The number of ether oxygens (including phenoxy) is 1. The van der Waals surface area contributed by atoms with E-state index in [9.17, 15) is 0 Å². The van der Waals surface area contributed by atoms with Crippen LogP contribution < -0.4 is 10.1 Å². The molecule has 1 fully saturated rings. The number of halogens is 1. The van der Waals surface area contributed by atoms with Crippen molar-refractivity contribution in [2.45, 2.75) is 25.8 Å². The number of hydrogen-bond donors (Lipinski definition) is 1. The Labute approximate surface area is 171 Å². The summed E-state index contributed by atoms with van der Waals surface area (Å²) in [4.78, 5) is 4.65. The zero-order chi connectivity index (χ0) is 19.1. The number of piperidine rings is 1. The highest BCUT2D eigenvalue weighted by molar-refractivity contribution is 7.80. The number of thiocarbonyl (C=S) groups is 1. The number of nitrogens with one attached hydrogen (secondary N) is 1. The largest absolute Gasteiger partial charge is 0.495 e. The second kappa shape index (κ2) is 9.97. The van der Waals surface area contributed by atoms with Crippen LogP contribution in [-0.2, 0) is 6.54 Å². The van der Waals surface area contributed by atoms with Crippen molar-refractivity contribution in [3.8, 4) is 5.75 Å². The van der Waals surface area contributed by atoms with E-state index in [1.54, 1.807) is 13.4 Å². The summed E-state index contributed by atoms with van der Waals surface area (Å²) in [7, 11) is 1.60. The smallest absolute Gasteiger partial charge is 0.173 e. The van der Waals surface area contributed by atoms with Crippen molar-refractivity contribution in [3.63, 3.8) is 0 Å². The molecular weight excluding hydrogens is 382 g/mol. The molecule has 1 aliphatic heterocycles. The molecule has 1 aliphatic rings. The van der Waals surface area contributed by atoms with Crippen molar-refractivity contribution < 1.29 is 9.15 Å². The molecule has 1 aromatic carbocycles. The van der Waals surface area contributed by atoms with Crippen LogP contribution in [0.2, 0.25) is 5.02 Å². The number of rotatable bonds is 7. The number of likely N-dealkylation sites (tertiary alicyclic amines) is 1. The summed E-state index contributed by atoms with van der Waals surface area (Å²) >= 11 is 11.9. The highest BCUT2D eigenvalue weighted by atomic mass is 35.5. The molecule has 0 bridgehead atoms. The lowest BCUT2D eigenvalue weighted by molar-refractivity contribution is 0.207. The Kier molecular flexibility index (Phi) is 7.38. The number of anilines is 1. The molecule has 3 rings (SSSR count). The summed E-state index contributed by atoms with van der Waals surface area (Å²) in [5.41, 5.74) is 0.841. The summed E-state index contributed by atoms with van der Waals surface area (Å²) in [5, 5.41) is 4.50. The molecular formula is C20H26ClN3O2S. The summed E-state index contributed by atoms with van der Waals surface area (Å²) in [5.74, 6) is 1.54. The second-order valence-corrected chi connectivity index (χ2v) is 7.48. The molecule has 0 amide bonds. The summed E-state index contributed by atoms with van der Waals surface area (Å²) < 4.78 is 10.7. The fraction of sp³-hybridized carbons (Fsp3) is 0.450. The van der Waals surface area contributed by atoms with Crippen LogP contribution in [-0.4, -0.2) is 48.2 Å². The van der Waals surface area contributed by atoms with E-state index in [0.717, 1.165) is 24.5 Å². The van der Waals surface area contributed by atoms with Gasteiger partial charge < -0.3 is 24.3 Å². The van der Waals surface area contributed by atoms with Crippen LogP contribution >= 0.6 is 23.8 Å². The average Bonchev–Trinajstić information content (AvgIpc) is 3.19. The van der Waals surface area contributed by atoms with Crippen LogP contribution in [0.25, 0.3) is 0 Å². The molecule has 146 valence electrons. The number of nitrogens with zero attached hydrogens (tertiary/aromatic N) is 2. The predicted octanol–water partition coefficient (Wildman–Crippen LogP) is 4.63. The van der Waals surface area contributed by atoms with Crippen LogP contribution in [0.1, 0.15) is 25.0 Å². The molecule has 0 unspecified atom stereocenters. The molecule has 1 N–H and O–H groups in total. The first-order valence-electron chi connectivity index (χ1n) is 9.30. The molecule has 2 aromatic rings. The molecule has 1 saturated heterocycles. The van der Waals surface area contributed by atoms with Gasteiger partial charge >= 0.3 is 0 Å². The van der Waals surface area contributed by atoms with Gasteiger partial charge in [0.05, 0.1) is 24.9 Å². The Hall–Kier alpha value is -1.76. The molecule has 0 radical (unpaired) electrons. The molecule has 5 nitrogen and oxygen atoms in total. The molecule has 0 spiro atoms. The third kappa shape index (κ3) is 5.86. The van der Waals surface area contributed by atoms with Gasteiger partial charge in [0.1, 0.15) is 11.5 Å². The third-order valence-electron chi connectivity index (χ3n) is 4.75. The first-order valence-corrected chi connectivity index (χ1v) is 10.1. The van der Waals surface area contributed by atoms with E-state index >= 15 is 0 Å². The van der Waals surface area contributed by atoms with E-state index in [2.05, 4.69) is 15.1 Å². The number of methoxy groups -OCH3 is 1. The minimum absolute atomic E-state index is 0.552. The first kappa shape index (κ1) is 20.0. The number of benzene rings is 1. The number of hydrogen-bond acceptors (Lipinski definition) is 4. The van der Waals surface area contributed by atoms with Crippen molar-refractivity contribution in [2.24, 2.45) is 0 Å². The van der Waals surface area contributed by atoms with Crippen molar-refractivity contribution >= 4 is 34.6 Å². The van der Waals surface area contributed by atoms with E-state index in [1.807, 2.05) is 30.3 Å². The fourth-order valence-corrected chi connectivity index (χ4v) is 3.77. The molecule has 0 aliphatic carbocycles. The Balaban J connectivity index is 1.64. The van der Waals surface area contributed by atoms with Crippen LogP contribution in [0.4, 0.5) is 5.69 Å². The van der Waals surface area contributed by atoms with Gasteiger partial charge in [-0.25, -0.2) is 0 Å². The zero-order valence-electron chi connectivity index (χ0n) is 15.6. The lowest BCUT2D eigenvalue weighted by Crippen LogP contribution is -2.41. The summed E-state index contributed by atoms with van der Waals surface area (Å²) in [6, 6.07) is 9.44. The fourth-order valence-electron chi connectivity index (χ4n) is 3.23. The maximum atomic E-state index is 6.23. The molecule has 7 heteroatoms. The normalized spacial score (nSPS) is 14.7.